The predicted octanol–water partition coefficient (Wildman–Crippen LogP) is 2.60. The molecule has 122 valence electrons. The van der Waals surface area contributed by atoms with Crippen molar-refractivity contribution in [3.8, 4) is 0 Å². The Kier molecular flexibility index (Phi) is 6.05. The third kappa shape index (κ3) is 5.03. The van der Waals surface area contributed by atoms with E-state index in [2.05, 4.69) is 20.6 Å². The summed E-state index contributed by atoms with van der Waals surface area (Å²) >= 11 is 0. The van der Waals surface area contributed by atoms with Gasteiger partial charge in [0, 0.05) is 31.6 Å². The Labute approximate surface area is 136 Å². The minimum atomic E-state index is -0.209. The molecular weight excluding hydrogens is 292 g/mol. The van der Waals surface area contributed by atoms with E-state index in [9.17, 15) is 4.79 Å². The van der Waals surface area contributed by atoms with Crippen LogP contribution >= 0.6 is 0 Å². The molecule has 0 bridgehead atoms. The number of carbonyl (C=O) groups excluding carboxylic acids is 1. The highest BCUT2D eigenvalue weighted by Gasteiger charge is 2.10. The molecule has 1 aromatic heterocycles. The third-order valence-corrected chi connectivity index (χ3v) is 3.29. The molecule has 0 unspecified atom stereocenters. The first-order valence-corrected chi connectivity index (χ1v) is 7.55. The van der Waals surface area contributed by atoms with Crippen molar-refractivity contribution in [1.29, 1.82) is 0 Å². The maximum Gasteiger partial charge on any atom is 0.270 e. The summed E-state index contributed by atoms with van der Waals surface area (Å²) in [7, 11) is 1.64. The van der Waals surface area contributed by atoms with Crippen LogP contribution in [0, 0.1) is 13.8 Å². The molecule has 0 atom stereocenters. The van der Waals surface area contributed by atoms with Crippen molar-refractivity contribution in [2.75, 3.05) is 25.6 Å². The molecule has 2 aromatic rings. The lowest BCUT2D eigenvalue weighted by Crippen LogP contribution is -2.26. The van der Waals surface area contributed by atoms with Gasteiger partial charge in [-0.15, -0.1) is 0 Å². The summed E-state index contributed by atoms with van der Waals surface area (Å²) < 4.78 is 4.96. The molecular formula is C17H22N4O2. The van der Waals surface area contributed by atoms with Crippen LogP contribution in [0.5, 0.6) is 0 Å². The van der Waals surface area contributed by atoms with Gasteiger partial charge in [0.1, 0.15) is 5.69 Å². The Morgan fingerprint density at radius 2 is 2.00 bits per heavy atom. The van der Waals surface area contributed by atoms with E-state index in [0.717, 1.165) is 23.4 Å². The fourth-order valence-corrected chi connectivity index (χ4v) is 2.08. The van der Waals surface area contributed by atoms with E-state index < -0.39 is 0 Å². The standard InChI is InChI=1S/C17H22N4O2/c1-12-7-4-5-8-14(12)20-17-19-13(2)11-15(21-17)16(22)18-9-6-10-23-3/h4-5,7-8,11H,6,9-10H2,1-3H3,(H,18,22)(H,19,20,21). The normalized spacial score (nSPS) is 10.4. The van der Waals surface area contributed by atoms with Gasteiger partial charge in [0.25, 0.3) is 5.91 Å². The molecule has 2 rings (SSSR count). The quantitative estimate of drug-likeness (QED) is 0.768. The summed E-state index contributed by atoms with van der Waals surface area (Å²) in [6, 6.07) is 9.53. The highest BCUT2D eigenvalue weighted by atomic mass is 16.5. The number of hydrogen-bond donors (Lipinski definition) is 2. The van der Waals surface area contributed by atoms with E-state index in [1.165, 1.54) is 0 Å². The number of benzene rings is 1. The van der Waals surface area contributed by atoms with Crippen LogP contribution < -0.4 is 10.6 Å². The lowest BCUT2D eigenvalue weighted by molar-refractivity contribution is 0.0943. The average Bonchev–Trinajstić information content (AvgIpc) is 2.53. The van der Waals surface area contributed by atoms with Crippen LogP contribution in [0.15, 0.2) is 30.3 Å². The van der Waals surface area contributed by atoms with Crippen LogP contribution in [0.3, 0.4) is 0 Å². The van der Waals surface area contributed by atoms with Crippen LogP contribution in [0.1, 0.15) is 28.2 Å². The molecule has 0 aliphatic rings. The van der Waals surface area contributed by atoms with Gasteiger partial charge in [0.2, 0.25) is 5.95 Å². The summed E-state index contributed by atoms with van der Waals surface area (Å²) in [5, 5.41) is 5.99. The molecule has 0 radical (unpaired) electrons. The van der Waals surface area contributed by atoms with Gasteiger partial charge in [-0.2, -0.15) is 0 Å². The third-order valence-electron chi connectivity index (χ3n) is 3.29. The minimum Gasteiger partial charge on any atom is -0.385 e. The predicted molar refractivity (Wildman–Crippen MR) is 90.1 cm³/mol. The smallest absolute Gasteiger partial charge is 0.270 e. The molecule has 1 heterocycles. The van der Waals surface area contributed by atoms with E-state index in [1.54, 1.807) is 13.2 Å². The van der Waals surface area contributed by atoms with E-state index in [4.69, 9.17) is 4.74 Å². The number of hydrogen-bond acceptors (Lipinski definition) is 5. The van der Waals surface area contributed by atoms with Crippen molar-refractivity contribution in [1.82, 2.24) is 15.3 Å². The van der Waals surface area contributed by atoms with E-state index >= 15 is 0 Å². The first-order chi connectivity index (χ1) is 11.1. The van der Waals surface area contributed by atoms with Crippen LogP contribution in [-0.2, 0) is 4.74 Å². The Balaban J connectivity index is 2.09. The Morgan fingerprint density at radius 1 is 1.22 bits per heavy atom. The zero-order valence-electron chi connectivity index (χ0n) is 13.7. The minimum absolute atomic E-state index is 0.209. The molecule has 0 saturated carbocycles. The molecule has 6 heteroatoms. The van der Waals surface area contributed by atoms with E-state index in [-0.39, 0.29) is 5.91 Å². The second-order valence-corrected chi connectivity index (χ2v) is 5.26. The maximum absolute atomic E-state index is 12.2. The van der Waals surface area contributed by atoms with Crippen LogP contribution in [0.25, 0.3) is 0 Å². The first-order valence-electron chi connectivity index (χ1n) is 7.55. The fraction of sp³-hybridized carbons (Fsp3) is 0.353. The Morgan fingerprint density at radius 3 is 2.74 bits per heavy atom. The Hall–Kier alpha value is -2.47. The highest BCUT2D eigenvalue weighted by molar-refractivity contribution is 5.92. The second kappa shape index (κ2) is 8.24. The van der Waals surface area contributed by atoms with Crippen LogP contribution in [0.4, 0.5) is 11.6 Å². The SMILES string of the molecule is COCCCNC(=O)c1cc(C)nc(Nc2ccccc2C)n1. The molecule has 0 fully saturated rings. The number of anilines is 2. The van der Waals surface area contributed by atoms with Gasteiger partial charge in [0.15, 0.2) is 0 Å². The van der Waals surface area contributed by atoms with Crippen LogP contribution in [0.2, 0.25) is 0 Å². The van der Waals surface area contributed by atoms with E-state index in [1.807, 2.05) is 38.1 Å². The van der Waals surface area contributed by atoms with Gasteiger partial charge < -0.3 is 15.4 Å². The second-order valence-electron chi connectivity index (χ2n) is 5.26. The van der Waals surface area contributed by atoms with Crippen molar-refractivity contribution >= 4 is 17.5 Å². The van der Waals surface area contributed by atoms with Crippen molar-refractivity contribution < 1.29 is 9.53 Å². The fourth-order valence-electron chi connectivity index (χ4n) is 2.08. The monoisotopic (exact) mass is 314 g/mol. The number of rotatable bonds is 7. The average molecular weight is 314 g/mol. The number of methoxy groups -OCH3 is 1. The summed E-state index contributed by atoms with van der Waals surface area (Å²) in [4.78, 5) is 20.8. The highest BCUT2D eigenvalue weighted by Crippen LogP contribution is 2.17. The molecule has 0 saturated heterocycles. The molecule has 0 aliphatic heterocycles. The molecule has 1 amide bonds. The van der Waals surface area contributed by atoms with Crippen molar-refractivity contribution in [2.45, 2.75) is 20.3 Å². The lowest BCUT2D eigenvalue weighted by Gasteiger charge is -2.10. The molecule has 0 spiro atoms. The number of carbonyl (C=O) groups is 1. The van der Waals surface area contributed by atoms with Crippen molar-refractivity contribution in [3.63, 3.8) is 0 Å². The summed E-state index contributed by atoms with van der Waals surface area (Å²) in [5.41, 5.74) is 3.09. The summed E-state index contributed by atoms with van der Waals surface area (Å²) in [5.74, 6) is 0.209. The summed E-state index contributed by atoms with van der Waals surface area (Å²) in [6.07, 6.45) is 0.765. The van der Waals surface area contributed by atoms with Crippen molar-refractivity contribution in [3.05, 3.63) is 47.3 Å². The number of para-hydroxylation sites is 1. The number of nitrogens with one attached hydrogen (secondary N) is 2. The molecule has 1 aromatic carbocycles. The maximum atomic E-state index is 12.2. The Bertz CT molecular complexity index is 673. The van der Waals surface area contributed by atoms with Gasteiger partial charge >= 0.3 is 0 Å². The van der Waals surface area contributed by atoms with Gasteiger partial charge in [-0.25, -0.2) is 9.97 Å². The largest absolute Gasteiger partial charge is 0.385 e. The van der Waals surface area contributed by atoms with Gasteiger partial charge in [-0.3, -0.25) is 4.79 Å². The van der Waals surface area contributed by atoms with Crippen LogP contribution in [-0.4, -0.2) is 36.1 Å². The molecule has 23 heavy (non-hydrogen) atoms. The lowest BCUT2D eigenvalue weighted by atomic mass is 10.2. The zero-order valence-corrected chi connectivity index (χ0v) is 13.7. The zero-order chi connectivity index (χ0) is 16.7. The first kappa shape index (κ1) is 16.9. The van der Waals surface area contributed by atoms with Gasteiger partial charge in [-0.05, 0) is 38.0 Å². The van der Waals surface area contributed by atoms with E-state index in [0.29, 0.717) is 24.8 Å². The summed E-state index contributed by atoms with van der Waals surface area (Å²) in [6.45, 7) is 5.01. The topological polar surface area (TPSA) is 76.1 Å². The molecule has 2 N–H and O–H groups in total. The van der Waals surface area contributed by atoms with Crippen molar-refractivity contribution in [2.24, 2.45) is 0 Å². The number of nitrogens with zero attached hydrogens (tertiary/aromatic N) is 2. The number of aromatic nitrogens is 2. The van der Waals surface area contributed by atoms with Gasteiger partial charge in [-0.1, -0.05) is 18.2 Å². The number of amides is 1. The number of aryl methyl sites for hydroxylation is 2. The number of ether oxygens (including phenoxy) is 1. The molecule has 0 aliphatic carbocycles. The molecule has 6 nitrogen and oxygen atoms in total. The van der Waals surface area contributed by atoms with Gasteiger partial charge in [0.05, 0.1) is 0 Å².